The Morgan fingerprint density at radius 1 is 0.829 bits per heavy atom. The van der Waals surface area contributed by atoms with Crippen molar-refractivity contribution in [3.63, 3.8) is 0 Å². The van der Waals surface area contributed by atoms with Gasteiger partial charge in [0.1, 0.15) is 29.8 Å². The number of methoxy groups -OCH3 is 3. The molecule has 0 aliphatic heterocycles. The summed E-state index contributed by atoms with van der Waals surface area (Å²) in [6, 6.07) is 18.5. The maximum atomic E-state index is 14.1. The SMILES string of the molecule is COc1cccc(CN(C(=O)CN(c2cc(OC)ccc2OC)S(=O)(=O)c2ccccc2)C(C)C(=O)NC(C)C)c1. The van der Waals surface area contributed by atoms with Crippen molar-refractivity contribution in [1.82, 2.24) is 10.2 Å². The Labute approximate surface area is 241 Å². The van der Waals surface area contributed by atoms with Gasteiger partial charge in [0.15, 0.2) is 0 Å². The first-order chi connectivity index (χ1) is 19.5. The van der Waals surface area contributed by atoms with Crippen molar-refractivity contribution < 1.29 is 32.2 Å². The monoisotopic (exact) mass is 583 g/mol. The van der Waals surface area contributed by atoms with Crippen molar-refractivity contribution in [2.75, 3.05) is 32.2 Å². The zero-order valence-corrected chi connectivity index (χ0v) is 25.0. The first kappa shape index (κ1) is 31.3. The smallest absolute Gasteiger partial charge is 0.264 e. The second kappa shape index (κ2) is 13.9. The predicted octanol–water partition coefficient (Wildman–Crippen LogP) is 3.85. The van der Waals surface area contributed by atoms with Crippen molar-refractivity contribution in [2.24, 2.45) is 0 Å². The highest BCUT2D eigenvalue weighted by molar-refractivity contribution is 7.92. The summed E-state index contributed by atoms with van der Waals surface area (Å²) in [4.78, 5) is 28.5. The molecule has 3 rings (SSSR count). The van der Waals surface area contributed by atoms with Gasteiger partial charge in [0.25, 0.3) is 10.0 Å². The van der Waals surface area contributed by atoms with Gasteiger partial charge < -0.3 is 24.4 Å². The van der Waals surface area contributed by atoms with Crippen molar-refractivity contribution >= 4 is 27.5 Å². The van der Waals surface area contributed by atoms with Crippen LogP contribution in [0.3, 0.4) is 0 Å². The van der Waals surface area contributed by atoms with Gasteiger partial charge in [-0.05, 0) is 62.7 Å². The van der Waals surface area contributed by atoms with Crippen LogP contribution >= 0.6 is 0 Å². The van der Waals surface area contributed by atoms with Crippen LogP contribution in [-0.4, -0.2) is 65.1 Å². The number of nitrogens with zero attached hydrogens (tertiary/aromatic N) is 2. The Kier molecular flexibility index (Phi) is 10.6. The Bertz CT molecular complexity index is 1450. The topological polar surface area (TPSA) is 114 Å². The number of hydrogen-bond donors (Lipinski definition) is 1. The van der Waals surface area contributed by atoms with Crippen LogP contribution in [0.15, 0.2) is 77.7 Å². The van der Waals surface area contributed by atoms with Gasteiger partial charge in [0.2, 0.25) is 11.8 Å². The molecule has 11 heteroatoms. The summed E-state index contributed by atoms with van der Waals surface area (Å²) in [6.45, 7) is 4.68. The van der Waals surface area contributed by atoms with E-state index in [0.29, 0.717) is 17.1 Å². The van der Waals surface area contributed by atoms with Crippen LogP contribution in [0, 0.1) is 0 Å². The average Bonchev–Trinajstić information content (AvgIpc) is 2.97. The molecule has 0 saturated heterocycles. The van der Waals surface area contributed by atoms with E-state index in [2.05, 4.69) is 5.32 Å². The lowest BCUT2D eigenvalue weighted by atomic mass is 10.1. The van der Waals surface area contributed by atoms with Gasteiger partial charge in [-0.2, -0.15) is 0 Å². The highest BCUT2D eigenvalue weighted by Gasteiger charge is 2.34. The molecule has 0 heterocycles. The van der Waals surface area contributed by atoms with Crippen molar-refractivity contribution in [2.45, 2.75) is 44.3 Å². The van der Waals surface area contributed by atoms with Gasteiger partial charge in [-0.25, -0.2) is 8.42 Å². The molecule has 1 N–H and O–H groups in total. The lowest BCUT2D eigenvalue weighted by Crippen LogP contribution is -2.52. The molecule has 41 heavy (non-hydrogen) atoms. The quantitative estimate of drug-likeness (QED) is 0.325. The summed E-state index contributed by atoms with van der Waals surface area (Å²) in [5.74, 6) is 0.224. The normalized spacial score (nSPS) is 11.9. The molecule has 0 aliphatic rings. The molecule has 10 nitrogen and oxygen atoms in total. The molecule has 1 atom stereocenters. The Balaban J connectivity index is 2.12. The molecule has 3 aromatic rings. The fourth-order valence-electron chi connectivity index (χ4n) is 4.18. The molecule has 0 aromatic heterocycles. The first-order valence-electron chi connectivity index (χ1n) is 13.0. The van der Waals surface area contributed by atoms with E-state index in [-0.39, 0.29) is 34.8 Å². The van der Waals surface area contributed by atoms with E-state index in [9.17, 15) is 18.0 Å². The number of benzene rings is 3. The Morgan fingerprint density at radius 3 is 2.10 bits per heavy atom. The van der Waals surface area contributed by atoms with E-state index in [4.69, 9.17) is 14.2 Å². The minimum atomic E-state index is -4.26. The van der Waals surface area contributed by atoms with E-state index < -0.39 is 28.5 Å². The van der Waals surface area contributed by atoms with Crippen LogP contribution < -0.4 is 23.8 Å². The molecule has 1 unspecified atom stereocenters. The number of amides is 2. The molecule has 0 radical (unpaired) electrons. The van der Waals surface area contributed by atoms with E-state index in [1.165, 1.54) is 44.4 Å². The summed E-state index contributed by atoms with van der Waals surface area (Å²) >= 11 is 0. The fourth-order valence-corrected chi connectivity index (χ4v) is 5.62. The van der Waals surface area contributed by atoms with Gasteiger partial charge in [0.05, 0.1) is 31.9 Å². The third-order valence-corrected chi connectivity index (χ3v) is 8.12. The van der Waals surface area contributed by atoms with Crippen molar-refractivity contribution in [3.05, 3.63) is 78.4 Å². The van der Waals surface area contributed by atoms with Crippen molar-refractivity contribution in [3.8, 4) is 17.2 Å². The number of hydrogen-bond acceptors (Lipinski definition) is 7. The minimum Gasteiger partial charge on any atom is -0.497 e. The summed E-state index contributed by atoms with van der Waals surface area (Å²) in [5, 5.41) is 2.83. The van der Waals surface area contributed by atoms with Crippen LogP contribution in [-0.2, 0) is 26.2 Å². The second-order valence-corrected chi connectivity index (χ2v) is 11.4. The molecular weight excluding hydrogens is 546 g/mol. The minimum absolute atomic E-state index is 0.0115. The van der Waals surface area contributed by atoms with Crippen LogP contribution in [0.2, 0.25) is 0 Å². The third-order valence-electron chi connectivity index (χ3n) is 6.35. The van der Waals surface area contributed by atoms with Gasteiger partial charge >= 0.3 is 0 Å². The number of anilines is 1. The second-order valence-electron chi connectivity index (χ2n) is 9.57. The van der Waals surface area contributed by atoms with Gasteiger partial charge in [-0.3, -0.25) is 13.9 Å². The van der Waals surface area contributed by atoms with Gasteiger partial charge in [-0.15, -0.1) is 0 Å². The first-order valence-corrected chi connectivity index (χ1v) is 14.5. The lowest BCUT2D eigenvalue weighted by Gasteiger charge is -2.32. The average molecular weight is 584 g/mol. The summed E-state index contributed by atoms with van der Waals surface area (Å²) in [5.41, 5.74) is 0.822. The maximum absolute atomic E-state index is 14.1. The molecule has 0 saturated carbocycles. The zero-order chi connectivity index (χ0) is 30.2. The molecular formula is C30H37N3O7S. The van der Waals surface area contributed by atoms with Crippen LogP contribution in [0.5, 0.6) is 17.2 Å². The van der Waals surface area contributed by atoms with Crippen molar-refractivity contribution in [1.29, 1.82) is 0 Å². The van der Waals surface area contributed by atoms with E-state index >= 15 is 0 Å². The zero-order valence-electron chi connectivity index (χ0n) is 24.2. The number of rotatable bonds is 13. The molecule has 0 spiro atoms. The highest BCUT2D eigenvalue weighted by atomic mass is 32.2. The molecule has 2 amide bonds. The number of carbonyl (C=O) groups is 2. The standard InChI is InChI=1S/C30H37N3O7S/c1-21(2)31-30(35)22(3)32(19-23-11-10-12-24(17-23)38-4)29(34)20-33(41(36,37)26-13-8-7-9-14-26)27-18-25(39-5)15-16-28(27)40-6/h7-18,21-22H,19-20H2,1-6H3,(H,31,35). The maximum Gasteiger partial charge on any atom is 0.264 e. The van der Waals surface area contributed by atoms with Gasteiger partial charge in [-0.1, -0.05) is 30.3 Å². The molecule has 220 valence electrons. The predicted molar refractivity (Wildman–Crippen MR) is 157 cm³/mol. The van der Waals surface area contributed by atoms with Gasteiger partial charge in [0, 0.05) is 18.7 Å². The Morgan fingerprint density at radius 2 is 1.49 bits per heavy atom. The summed E-state index contributed by atoms with van der Waals surface area (Å²) < 4.78 is 45.2. The fraction of sp³-hybridized carbons (Fsp3) is 0.333. The molecule has 0 fully saturated rings. The number of ether oxygens (including phenoxy) is 3. The molecule has 3 aromatic carbocycles. The third kappa shape index (κ3) is 7.69. The molecule has 0 aliphatic carbocycles. The summed E-state index contributed by atoms with van der Waals surface area (Å²) in [6.07, 6.45) is 0. The Hall–Kier alpha value is -4.25. The van der Waals surface area contributed by atoms with Crippen LogP contribution in [0.4, 0.5) is 5.69 Å². The van der Waals surface area contributed by atoms with E-state index in [1.807, 2.05) is 13.8 Å². The van der Waals surface area contributed by atoms with Crippen LogP contribution in [0.1, 0.15) is 26.3 Å². The summed E-state index contributed by atoms with van der Waals surface area (Å²) in [7, 11) is 0.144. The number of nitrogens with one attached hydrogen (secondary N) is 1. The lowest BCUT2D eigenvalue weighted by molar-refractivity contribution is -0.139. The van der Waals surface area contributed by atoms with Crippen LogP contribution in [0.25, 0.3) is 0 Å². The van der Waals surface area contributed by atoms with E-state index in [1.54, 1.807) is 61.5 Å². The largest absolute Gasteiger partial charge is 0.497 e. The number of carbonyl (C=O) groups excluding carboxylic acids is 2. The highest BCUT2D eigenvalue weighted by Crippen LogP contribution is 2.36. The molecule has 0 bridgehead atoms. The number of sulfonamides is 1. The van der Waals surface area contributed by atoms with E-state index in [0.717, 1.165) is 4.31 Å².